The van der Waals surface area contributed by atoms with Gasteiger partial charge in [0.15, 0.2) is 5.78 Å². The predicted molar refractivity (Wildman–Crippen MR) is 121 cm³/mol. The number of carbonyl (C=O) groups is 3. The molecular formula is C23H26N6O3. The second-order valence-electron chi connectivity index (χ2n) is 8.15. The number of benzene rings is 1. The van der Waals surface area contributed by atoms with Crippen LogP contribution < -0.4 is 16.8 Å². The number of carbonyl (C=O) groups excluding carboxylic acids is 3. The Labute approximate surface area is 185 Å². The van der Waals surface area contributed by atoms with Gasteiger partial charge in [0.05, 0.1) is 17.2 Å². The van der Waals surface area contributed by atoms with E-state index in [-0.39, 0.29) is 24.8 Å². The van der Waals surface area contributed by atoms with Crippen molar-refractivity contribution in [3.05, 3.63) is 60.0 Å². The highest BCUT2D eigenvalue weighted by atomic mass is 16.2. The number of nitrogens with zero attached hydrogens (tertiary/aromatic N) is 3. The molecule has 5 N–H and O–H groups in total. The Balaban J connectivity index is 1.49. The van der Waals surface area contributed by atoms with Gasteiger partial charge in [0.2, 0.25) is 0 Å². The predicted octanol–water partition coefficient (Wildman–Crippen LogP) is 2.41. The molecule has 1 fully saturated rings. The first-order valence-corrected chi connectivity index (χ1v) is 10.5. The zero-order valence-electron chi connectivity index (χ0n) is 17.8. The van der Waals surface area contributed by atoms with Gasteiger partial charge in [0.1, 0.15) is 0 Å². The quantitative estimate of drug-likeness (QED) is 0.566. The van der Waals surface area contributed by atoms with Gasteiger partial charge in [0.25, 0.3) is 0 Å². The van der Waals surface area contributed by atoms with Crippen molar-refractivity contribution < 1.29 is 14.4 Å². The molecule has 166 valence electrons. The van der Waals surface area contributed by atoms with Crippen molar-refractivity contribution in [2.75, 3.05) is 11.9 Å². The van der Waals surface area contributed by atoms with E-state index in [0.717, 1.165) is 11.3 Å². The molecule has 2 atom stereocenters. The van der Waals surface area contributed by atoms with Crippen LogP contribution in [-0.4, -0.2) is 50.9 Å². The van der Waals surface area contributed by atoms with Crippen molar-refractivity contribution in [3.63, 3.8) is 0 Å². The highest BCUT2D eigenvalue weighted by Gasteiger charge is 2.38. The van der Waals surface area contributed by atoms with Crippen LogP contribution >= 0.6 is 0 Å². The molecule has 3 amide bonds. The zero-order chi connectivity index (χ0) is 22.8. The fourth-order valence-electron chi connectivity index (χ4n) is 4.20. The third-order valence-corrected chi connectivity index (χ3v) is 5.76. The van der Waals surface area contributed by atoms with Gasteiger partial charge in [-0.25, -0.2) is 9.59 Å². The molecule has 1 aliphatic heterocycles. The summed E-state index contributed by atoms with van der Waals surface area (Å²) in [5, 5.41) is 3.50. The molecule has 4 rings (SSSR count). The number of hydrogen-bond donors (Lipinski definition) is 3. The summed E-state index contributed by atoms with van der Waals surface area (Å²) in [4.78, 5) is 43.6. The number of rotatable bonds is 5. The Hall–Kier alpha value is -3.72. The van der Waals surface area contributed by atoms with Crippen LogP contribution in [0, 0.1) is 6.92 Å². The normalized spacial score (nSPS) is 18.1. The van der Waals surface area contributed by atoms with Crippen LogP contribution in [0.15, 0.2) is 48.8 Å². The van der Waals surface area contributed by atoms with Gasteiger partial charge in [-0.05, 0) is 43.5 Å². The largest absolute Gasteiger partial charge is 0.351 e. The average Bonchev–Trinajstić information content (AvgIpc) is 3.33. The Morgan fingerprint density at radius 1 is 1.22 bits per heavy atom. The van der Waals surface area contributed by atoms with Gasteiger partial charge in [-0.2, -0.15) is 0 Å². The summed E-state index contributed by atoms with van der Waals surface area (Å²) in [5.41, 5.74) is 14.5. The summed E-state index contributed by atoms with van der Waals surface area (Å²) in [6.07, 6.45) is 4.41. The number of amides is 3. The second kappa shape index (κ2) is 8.80. The molecular weight excluding hydrogens is 408 g/mol. The third kappa shape index (κ3) is 4.33. The molecule has 0 aliphatic carbocycles. The SMILES string of the molecule is Cc1ccnc(CCC(=O)[C@@H]2C[C@H](N)CN2C(=O)Nc2cn(C(N)=O)c3ccccc23)c1. The van der Waals surface area contributed by atoms with E-state index in [1.807, 2.05) is 19.1 Å². The lowest BCUT2D eigenvalue weighted by atomic mass is 10.0. The smallest absolute Gasteiger partial charge is 0.323 e. The van der Waals surface area contributed by atoms with Gasteiger partial charge in [-0.1, -0.05) is 18.2 Å². The molecule has 0 spiro atoms. The van der Waals surface area contributed by atoms with Crippen LogP contribution in [0.2, 0.25) is 0 Å². The summed E-state index contributed by atoms with van der Waals surface area (Å²) < 4.78 is 1.28. The summed E-state index contributed by atoms with van der Waals surface area (Å²) in [5.74, 6) is -0.0454. The minimum atomic E-state index is -0.650. The second-order valence-corrected chi connectivity index (χ2v) is 8.15. The van der Waals surface area contributed by atoms with Gasteiger partial charge < -0.3 is 21.7 Å². The molecule has 1 aromatic carbocycles. The number of ketones is 1. The lowest BCUT2D eigenvalue weighted by molar-refractivity contribution is -0.122. The monoisotopic (exact) mass is 434 g/mol. The first-order valence-electron chi connectivity index (χ1n) is 10.5. The number of urea groups is 1. The van der Waals surface area contributed by atoms with E-state index in [4.69, 9.17) is 11.5 Å². The molecule has 3 heterocycles. The molecule has 1 saturated heterocycles. The number of likely N-dealkylation sites (tertiary alicyclic amines) is 1. The average molecular weight is 435 g/mol. The van der Waals surface area contributed by atoms with Crippen LogP contribution in [0.1, 0.15) is 24.1 Å². The molecule has 32 heavy (non-hydrogen) atoms. The number of pyridine rings is 1. The lowest BCUT2D eigenvalue weighted by Crippen LogP contribution is -2.43. The van der Waals surface area contributed by atoms with E-state index in [1.54, 1.807) is 30.5 Å². The number of Topliss-reactive ketones (excluding diaryl/α,β-unsaturated/α-hetero) is 1. The molecule has 2 aromatic heterocycles. The molecule has 0 radical (unpaired) electrons. The lowest BCUT2D eigenvalue weighted by Gasteiger charge is -2.23. The van der Waals surface area contributed by atoms with E-state index < -0.39 is 18.1 Å². The highest BCUT2D eigenvalue weighted by Crippen LogP contribution is 2.27. The first-order chi connectivity index (χ1) is 15.3. The topological polar surface area (TPSA) is 136 Å². The number of nitrogens with one attached hydrogen (secondary N) is 1. The summed E-state index contributed by atoms with van der Waals surface area (Å²) in [6, 6.07) is 9.02. The standard InChI is InChI=1S/C23H26N6O3/c1-14-8-9-26-16(10-14)6-7-21(30)20-11-15(24)12-29(20)23(32)27-18-13-28(22(25)31)19-5-3-2-4-17(18)19/h2-5,8-10,13,15,20H,6-7,11-12,24H2,1H3,(H2,25,31)(H,27,32)/t15-,20-/m0/s1. The van der Waals surface area contributed by atoms with Crippen molar-refractivity contribution >= 4 is 34.4 Å². The van der Waals surface area contributed by atoms with Crippen molar-refractivity contribution in [1.29, 1.82) is 0 Å². The number of primary amides is 1. The minimum Gasteiger partial charge on any atom is -0.351 e. The van der Waals surface area contributed by atoms with Crippen LogP contribution in [-0.2, 0) is 11.2 Å². The maximum Gasteiger partial charge on any atom is 0.323 e. The van der Waals surface area contributed by atoms with Gasteiger partial charge in [-0.3, -0.25) is 14.3 Å². The number of aryl methyl sites for hydroxylation is 2. The Morgan fingerprint density at radius 2 is 2.00 bits per heavy atom. The molecule has 9 heteroatoms. The van der Waals surface area contributed by atoms with E-state index in [0.29, 0.717) is 29.4 Å². The molecule has 9 nitrogen and oxygen atoms in total. The molecule has 0 saturated carbocycles. The number of nitrogens with two attached hydrogens (primary N) is 2. The molecule has 0 unspecified atom stereocenters. The van der Waals surface area contributed by atoms with Crippen LogP contribution in [0.3, 0.4) is 0 Å². The fraction of sp³-hybridized carbons (Fsp3) is 0.304. The molecule has 0 bridgehead atoms. The maximum atomic E-state index is 13.1. The zero-order valence-corrected chi connectivity index (χ0v) is 17.8. The first kappa shape index (κ1) is 21.5. The van der Waals surface area contributed by atoms with Gasteiger partial charge in [-0.15, -0.1) is 0 Å². The summed E-state index contributed by atoms with van der Waals surface area (Å²) >= 11 is 0. The number of para-hydroxylation sites is 1. The van der Waals surface area contributed by atoms with E-state index in [2.05, 4.69) is 10.3 Å². The van der Waals surface area contributed by atoms with Crippen molar-refractivity contribution in [3.8, 4) is 0 Å². The van der Waals surface area contributed by atoms with E-state index in [9.17, 15) is 14.4 Å². The number of anilines is 1. The van der Waals surface area contributed by atoms with Gasteiger partial charge in [0, 0.05) is 42.5 Å². The van der Waals surface area contributed by atoms with Crippen LogP contribution in [0.4, 0.5) is 15.3 Å². The van der Waals surface area contributed by atoms with E-state index >= 15 is 0 Å². The van der Waals surface area contributed by atoms with Crippen LogP contribution in [0.25, 0.3) is 10.9 Å². The summed E-state index contributed by atoms with van der Waals surface area (Å²) in [6.45, 7) is 2.25. The molecule has 3 aromatic rings. The number of hydrogen-bond acceptors (Lipinski definition) is 5. The number of fused-ring (bicyclic) bond motifs is 1. The fourth-order valence-corrected chi connectivity index (χ4v) is 4.20. The summed E-state index contributed by atoms with van der Waals surface area (Å²) in [7, 11) is 0. The van der Waals surface area contributed by atoms with E-state index in [1.165, 1.54) is 15.7 Å². The van der Waals surface area contributed by atoms with Crippen molar-refractivity contribution in [2.45, 2.75) is 38.3 Å². The Bertz CT molecular complexity index is 1190. The van der Waals surface area contributed by atoms with Crippen LogP contribution in [0.5, 0.6) is 0 Å². The van der Waals surface area contributed by atoms with Gasteiger partial charge >= 0.3 is 12.1 Å². The minimum absolute atomic E-state index is 0.0454. The van der Waals surface area contributed by atoms with Crippen molar-refractivity contribution in [1.82, 2.24) is 14.5 Å². The Kier molecular flexibility index (Phi) is 5.91. The van der Waals surface area contributed by atoms with Crippen molar-refractivity contribution in [2.24, 2.45) is 11.5 Å². The highest BCUT2D eigenvalue weighted by molar-refractivity contribution is 6.05. The number of aromatic nitrogens is 2. The molecule has 1 aliphatic rings. The Morgan fingerprint density at radius 3 is 2.75 bits per heavy atom. The maximum absolute atomic E-state index is 13.1. The third-order valence-electron chi connectivity index (χ3n) is 5.76.